The predicted molar refractivity (Wildman–Crippen MR) is 93.0 cm³/mol. The molecule has 0 fully saturated rings. The van der Waals surface area contributed by atoms with Crippen LogP contribution in [-0.4, -0.2) is 33.6 Å². The quantitative estimate of drug-likeness (QED) is 0.806. The van der Waals surface area contributed by atoms with Crippen LogP contribution in [0.1, 0.15) is 35.9 Å². The highest BCUT2D eigenvalue weighted by molar-refractivity contribution is 7.12. The Labute approximate surface area is 148 Å². The summed E-state index contributed by atoms with van der Waals surface area (Å²) < 4.78 is 0. The molecule has 2 N–H and O–H groups in total. The lowest BCUT2D eigenvalue weighted by Gasteiger charge is -2.36. The average molecular weight is 361 g/mol. The van der Waals surface area contributed by atoms with Crippen LogP contribution in [0.2, 0.25) is 0 Å². The van der Waals surface area contributed by atoms with Crippen LogP contribution in [0.25, 0.3) is 0 Å². The lowest BCUT2D eigenvalue weighted by Crippen LogP contribution is -2.42. The van der Waals surface area contributed by atoms with E-state index in [2.05, 4.69) is 4.99 Å². The van der Waals surface area contributed by atoms with E-state index in [1.807, 2.05) is 19.1 Å². The van der Waals surface area contributed by atoms with Crippen LogP contribution < -0.4 is 0 Å². The molecule has 0 aromatic carbocycles. The summed E-state index contributed by atoms with van der Waals surface area (Å²) in [6, 6.07) is 3.70. The fourth-order valence-electron chi connectivity index (χ4n) is 3.83. The van der Waals surface area contributed by atoms with Crippen LogP contribution in [0, 0.1) is 24.7 Å². The maximum atomic E-state index is 13.0. The van der Waals surface area contributed by atoms with Crippen LogP contribution in [-0.2, 0) is 14.4 Å². The number of carbonyl (C=O) groups excluding carboxylic acids is 1. The first-order chi connectivity index (χ1) is 11.7. The van der Waals surface area contributed by atoms with Gasteiger partial charge in [-0.1, -0.05) is 6.92 Å². The van der Waals surface area contributed by atoms with Gasteiger partial charge >= 0.3 is 11.9 Å². The van der Waals surface area contributed by atoms with Gasteiger partial charge in [-0.05, 0) is 38.3 Å². The fraction of sp³-hybridized carbons (Fsp3) is 0.444. The second kappa shape index (κ2) is 6.22. The van der Waals surface area contributed by atoms with Crippen molar-refractivity contribution in [3.05, 3.63) is 33.2 Å². The van der Waals surface area contributed by atoms with Gasteiger partial charge in [-0.15, -0.1) is 11.3 Å². The number of ketones is 1. The average Bonchev–Trinajstić information content (AvgIpc) is 2.91. The minimum absolute atomic E-state index is 0.269. The van der Waals surface area contributed by atoms with Crippen molar-refractivity contribution in [1.82, 2.24) is 0 Å². The molecule has 3 rings (SSSR count). The van der Waals surface area contributed by atoms with Crippen LogP contribution in [0.4, 0.5) is 0 Å². The minimum atomic E-state index is -1.16. The van der Waals surface area contributed by atoms with Crippen molar-refractivity contribution >= 4 is 34.8 Å². The Morgan fingerprint density at radius 2 is 1.80 bits per heavy atom. The number of carboxylic acid groups (broad SMARTS) is 2. The first-order valence-electron chi connectivity index (χ1n) is 8.06. The van der Waals surface area contributed by atoms with Crippen molar-refractivity contribution in [2.45, 2.75) is 33.1 Å². The highest BCUT2D eigenvalue weighted by Gasteiger charge is 2.48. The van der Waals surface area contributed by atoms with Crippen molar-refractivity contribution in [2.24, 2.45) is 22.7 Å². The van der Waals surface area contributed by atoms with Crippen molar-refractivity contribution in [1.29, 1.82) is 0 Å². The number of carbonyl (C=O) groups is 3. The monoisotopic (exact) mass is 361 g/mol. The van der Waals surface area contributed by atoms with E-state index in [-0.39, 0.29) is 11.5 Å². The van der Waals surface area contributed by atoms with Crippen molar-refractivity contribution in [2.75, 3.05) is 0 Å². The number of carboxylic acids is 2. The van der Waals surface area contributed by atoms with Crippen molar-refractivity contribution in [3.8, 4) is 0 Å². The van der Waals surface area contributed by atoms with E-state index in [1.54, 1.807) is 13.8 Å². The number of aryl methyl sites for hydroxylation is 1. The van der Waals surface area contributed by atoms with Gasteiger partial charge < -0.3 is 10.2 Å². The lowest BCUT2D eigenvalue weighted by atomic mass is 9.68. The number of allylic oxidation sites excluding steroid dienone is 2. The van der Waals surface area contributed by atoms with E-state index in [1.165, 1.54) is 11.3 Å². The Bertz CT molecular complexity index is 834. The number of nitrogens with zero attached hydrogens (tertiary/aromatic N) is 1. The van der Waals surface area contributed by atoms with Gasteiger partial charge in [0.2, 0.25) is 0 Å². The zero-order valence-electron chi connectivity index (χ0n) is 14.1. The molecule has 0 bridgehead atoms. The maximum Gasteiger partial charge on any atom is 0.314 e. The van der Waals surface area contributed by atoms with Crippen LogP contribution >= 0.6 is 11.3 Å². The minimum Gasteiger partial charge on any atom is -0.481 e. The number of aliphatic carboxylic acids is 2. The number of aliphatic imine (C=N–C) groups is 1. The summed E-state index contributed by atoms with van der Waals surface area (Å²) in [5, 5.41) is 19.2. The summed E-state index contributed by atoms with van der Waals surface area (Å²) in [4.78, 5) is 42.6. The largest absolute Gasteiger partial charge is 0.481 e. The number of hydrogen-bond acceptors (Lipinski definition) is 5. The van der Waals surface area contributed by atoms with Gasteiger partial charge in [0, 0.05) is 32.7 Å². The molecule has 0 saturated carbocycles. The van der Waals surface area contributed by atoms with Crippen LogP contribution in [0.15, 0.2) is 28.4 Å². The molecule has 1 aliphatic heterocycles. The van der Waals surface area contributed by atoms with Gasteiger partial charge in [0.25, 0.3) is 0 Å². The fourth-order valence-corrected chi connectivity index (χ4v) is 4.86. The molecule has 1 aromatic heterocycles. The van der Waals surface area contributed by atoms with Gasteiger partial charge in [-0.25, -0.2) is 0 Å². The van der Waals surface area contributed by atoms with Gasteiger partial charge in [0.1, 0.15) is 11.8 Å². The van der Waals surface area contributed by atoms with E-state index in [0.717, 1.165) is 9.75 Å². The molecule has 25 heavy (non-hydrogen) atoms. The molecule has 1 aromatic rings. The Kier molecular flexibility index (Phi) is 4.36. The summed E-state index contributed by atoms with van der Waals surface area (Å²) >= 11 is 1.43. The Hall–Kier alpha value is -2.28. The molecule has 1 aliphatic carbocycles. The van der Waals surface area contributed by atoms with Crippen molar-refractivity contribution in [3.63, 3.8) is 0 Å². The third-order valence-electron chi connectivity index (χ3n) is 4.95. The standard InChI is InChI=1S/C18H19NO5S/c1-7-6-10-14(16(20)12(7)17(21)22)15(11-5-4-8(2)25-11)13(18(23)24)9(3)19-10/h4-5,7,12-13,15H,6H2,1-3H3,(H,21,22)(H,23,24). The van der Waals surface area contributed by atoms with Crippen LogP contribution in [0.5, 0.6) is 0 Å². The summed E-state index contributed by atoms with van der Waals surface area (Å²) in [6.45, 7) is 5.29. The zero-order valence-corrected chi connectivity index (χ0v) is 15.0. The molecule has 0 saturated heterocycles. The normalized spacial score (nSPS) is 29.2. The molecule has 6 nitrogen and oxygen atoms in total. The number of hydrogen-bond donors (Lipinski definition) is 2. The molecule has 0 radical (unpaired) electrons. The molecule has 7 heteroatoms. The summed E-state index contributed by atoms with van der Waals surface area (Å²) in [7, 11) is 0. The van der Waals surface area contributed by atoms with Gasteiger partial charge in [0.15, 0.2) is 5.78 Å². The second-order valence-electron chi connectivity index (χ2n) is 6.72. The van der Waals surface area contributed by atoms with E-state index < -0.39 is 35.5 Å². The molecular weight excluding hydrogens is 342 g/mol. The molecule has 4 unspecified atom stereocenters. The van der Waals surface area contributed by atoms with Crippen molar-refractivity contribution < 1.29 is 24.6 Å². The molecule has 0 amide bonds. The Balaban J connectivity index is 2.21. The Morgan fingerprint density at radius 1 is 1.16 bits per heavy atom. The van der Waals surface area contributed by atoms with Gasteiger partial charge in [0.05, 0.1) is 0 Å². The molecule has 2 heterocycles. The summed E-state index contributed by atoms with van der Waals surface area (Å²) in [5.74, 6) is -5.86. The SMILES string of the molecule is CC1=NC2=C(C(=O)C(C(=O)O)C(C)C2)C(c2ccc(C)s2)C1C(=O)O. The number of rotatable bonds is 3. The van der Waals surface area contributed by atoms with E-state index in [9.17, 15) is 24.6 Å². The highest BCUT2D eigenvalue weighted by Crippen LogP contribution is 2.47. The van der Waals surface area contributed by atoms with E-state index >= 15 is 0 Å². The lowest BCUT2D eigenvalue weighted by molar-refractivity contribution is -0.147. The molecule has 0 spiro atoms. The van der Waals surface area contributed by atoms with Gasteiger partial charge in [-0.2, -0.15) is 0 Å². The number of thiophene rings is 1. The predicted octanol–water partition coefficient (Wildman–Crippen LogP) is 2.88. The van der Waals surface area contributed by atoms with Crippen LogP contribution in [0.3, 0.4) is 0 Å². The van der Waals surface area contributed by atoms with E-state index in [4.69, 9.17) is 0 Å². The highest BCUT2D eigenvalue weighted by atomic mass is 32.1. The number of Topliss-reactive ketones (excluding diaryl/α,β-unsaturated/α-hetero) is 1. The molecule has 4 atom stereocenters. The second-order valence-corrected chi connectivity index (χ2v) is 8.04. The summed E-state index contributed by atoms with van der Waals surface area (Å²) in [5.41, 5.74) is 1.27. The third-order valence-corrected chi connectivity index (χ3v) is 6.03. The topological polar surface area (TPSA) is 104 Å². The maximum absolute atomic E-state index is 13.0. The zero-order chi connectivity index (χ0) is 18.5. The Morgan fingerprint density at radius 3 is 2.32 bits per heavy atom. The van der Waals surface area contributed by atoms with E-state index in [0.29, 0.717) is 17.8 Å². The molecule has 132 valence electrons. The molecular formula is C18H19NO5S. The first-order valence-corrected chi connectivity index (χ1v) is 8.88. The molecule has 2 aliphatic rings. The van der Waals surface area contributed by atoms with Gasteiger partial charge in [-0.3, -0.25) is 19.4 Å². The smallest absolute Gasteiger partial charge is 0.314 e. The third kappa shape index (κ3) is 2.82. The first kappa shape index (κ1) is 17.5. The summed E-state index contributed by atoms with van der Waals surface area (Å²) in [6.07, 6.45) is 0.364.